The summed E-state index contributed by atoms with van der Waals surface area (Å²) in [5.74, 6) is 0.283. The van der Waals surface area contributed by atoms with Crippen LogP contribution in [0.3, 0.4) is 0 Å². The number of ether oxygens (including phenoxy) is 1. The van der Waals surface area contributed by atoms with Gasteiger partial charge >= 0.3 is 0 Å². The van der Waals surface area contributed by atoms with E-state index >= 15 is 0 Å². The Balaban J connectivity index is 0.00000320. The van der Waals surface area contributed by atoms with Crippen molar-refractivity contribution in [3.8, 4) is 0 Å². The molecule has 1 fully saturated rings. The fraction of sp³-hybridized carbons (Fsp3) is 0.591. The third-order valence-electron chi connectivity index (χ3n) is 5.92. The fourth-order valence-corrected chi connectivity index (χ4v) is 4.25. The van der Waals surface area contributed by atoms with Crippen LogP contribution in [0.1, 0.15) is 59.7 Å². The van der Waals surface area contributed by atoms with E-state index in [-0.39, 0.29) is 41.2 Å². The Labute approximate surface area is 196 Å². The Kier molecular flexibility index (Phi) is 9.54. The van der Waals surface area contributed by atoms with Crippen molar-refractivity contribution >= 4 is 41.8 Å². The van der Waals surface area contributed by atoms with Gasteiger partial charge in [-0.25, -0.2) is 0 Å². The van der Waals surface area contributed by atoms with Gasteiger partial charge in [-0.3, -0.25) is 19.5 Å². The van der Waals surface area contributed by atoms with E-state index in [2.05, 4.69) is 10.6 Å². The van der Waals surface area contributed by atoms with E-state index < -0.39 is 0 Å². The molecule has 1 saturated carbocycles. The predicted molar refractivity (Wildman–Crippen MR) is 129 cm³/mol. The highest BCUT2D eigenvalue weighted by molar-refractivity contribution is 14.0. The van der Waals surface area contributed by atoms with E-state index in [9.17, 15) is 9.59 Å². The molecular formula is C22H33IN4O3. The molecule has 166 valence electrons. The highest BCUT2D eigenvalue weighted by Gasteiger charge is 2.35. The lowest BCUT2D eigenvalue weighted by atomic mass is 9.83. The molecule has 2 aliphatic rings. The quantitative estimate of drug-likeness (QED) is 0.223. The minimum Gasteiger partial charge on any atom is -0.385 e. The highest BCUT2D eigenvalue weighted by atomic mass is 127. The smallest absolute Gasteiger partial charge is 0.261 e. The number of benzene rings is 1. The second-order valence-electron chi connectivity index (χ2n) is 7.88. The topological polar surface area (TPSA) is 83.0 Å². The van der Waals surface area contributed by atoms with Crippen molar-refractivity contribution < 1.29 is 14.3 Å². The zero-order chi connectivity index (χ0) is 20.7. The summed E-state index contributed by atoms with van der Waals surface area (Å²) >= 11 is 0. The summed E-state index contributed by atoms with van der Waals surface area (Å²) in [6.07, 6.45) is 5.91. The Morgan fingerprint density at radius 1 is 1.13 bits per heavy atom. The second kappa shape index (κ2) is 11.6. The summed E-state index contributed by atoms with van der Waals surface area (Å²) < 4.78 is 5.30. The van der Waals surface area contributed by atoms with E-state index in [1.807, 2.05) is 6.92 Å². The number of nitrogens with zero attached hydrogens (tertiary/aromatic N) is 2. The average Bonchev–Trinajstić information content (AvgIpc) is 3.30. The highest BCUT2D eigenvalue weighted by Crippen LogP contribution is 2.41. The lowest BCUT2D eigenvalue weighted by Gasteiger charge is -2.27. The molecular weight excluding hydrogens is 495 g/mol. The summed E-state index contributed by atoms with van der Waals surface area (Å²) in [6.45, 7) is 5.08. The van der Waals surface area contributed by atoms with Gasteiger partial charge in [-0.05, 0) is 43.7 Å². The predicted octanol–water partition coefficient (Wildman–Crippen LogP) is 3.05. The number of halogens is 1. The number of methoxy groups -OCH3 is 1. The maximum absolute atomic E-state index is 12.5. The summed E-state index contributed by atoms with van der Waals surface area (Å²) in [7, 11) is 1.75. The minimum atomic E-state index is -0.223. The van der Waals surface area contributed by atoms with E-state index in [1.165, 1.54) is 30.6 Å². The molecule has 2 N–H and O–H groups in total. The van der Waals surface area contributed by atoms with Crippen molar-refractivity contribution in [2.45, 2.75) is 39.0 Å². The lowest BCUT2D eigenvalue weighted by Crippen LogP contribution is -2.43. The molecule has 2 amide bonds. The van der Waals surface area contributed by atoms with Gasteiger partial charge in [0, 0.05) is 39.9 Å². The molecule has 0 atom stereocenters. The summed E-state index contributed by atoms with van der Waals surface area (Å²) in [5, 5.41) is 6.54. The summed E-state index contributed by atoms with van der Waals surface area (Å²) in [4.78, 5) is 31.1. The van der Waals surface area contributed by atoms with Gasteiger partial charge in [-0.2, -0.15) is 0 Å². The Morgan fingerprint density at radius 2 is 1.77 bits per heavy atom. The van der Waals surface area contributed by atoms with E-state index in [1.54, 1.807) is 31.4 Å². The molecule has 0 bridgehead atoms. The van der Waals surface area contributed by atoms with Crippen molar-refractivity contribution in [3.63, 3.8) is 0 Å². The number of imide groups is 1. The zero-order valence-corrected chi connectivity index (χ0v) is 20.2. The molecule has 0 radical (unpaired) electrons. The molecule has 1 aromatic carbocycles. The van der Waals surface area contributed by atoms with Crippen LogP contribution in [0, 0.1) is 5.41 Å². The number of nitrogens with one attached hydrogen (secondary N) is 2. The minimum absolute atomic E-state index is 0. The summed E-state index contributed by atoms with van der Waals surface area (Å²) in [6, 6.07) is 6.97. The molecule has 0 saturated heterocycles. The zero-order valence-electron chi connectivity index (χ0n) is 17.9. The van der Waals surface area contributed by atoms with Crippen LogP contribution in [0.25, 0.3) is 0 Å². The number of aliphatic imine (C=N–C) groups is 1. The van der Waals surface area contributed by atoms with Gasteiger partial charge in [0.1, 0.15) is 0 Å². The average molecular weight is 528 g/mol. The first kappa shape index (κ1) is 24.6. The molecule has 0 aromatic heterocycles. The van der Waals surface area contributed by atoms with Crippen molar-refractivity contribution in [2.75, 3.05) is 39.9 Å². The van der Waals surface area contributed by atoms with E-state index in [0.717, 1.165) is 32.1 Å². The normalized spacial score (nSPS) is 17.7. The van der Waals surface area contributed by atoms with Gasteiger partial charge in [0.25, 0.3) is 11.8 Å². The van der Waals surface area contributed by atoms with Crippen LogP contribution < -0.4 is 10.6 Å². The van der Waals surface area contributed by atoms with Crippen molar-refractivity contribution in [1.82, 2.24) is 15.5 Å². The molecule has 3 rings (SSSR count). The Morgan fingerprint density at radius 3 is 2.33 bits per heavy atom. The molecule has 0 spiro atoms. The standard InChI is InChI=1S/C22H32N4O3.HI/c1-3-23-21(25-16-22(12-15-29-2)10-6-7-11-22)24-13-14-26-19(27)17-8-4-5-9-18(17)20(26)28;/h4-5,8-9H,3,6-7,10-16H2,1-2H3,(H2,23,24,25);1H. The van der Waals surface area contributed by atoms with Gasteiger partial charge in [-0.1, -0.05) is 25.0 Å². The van der Waals surface area contributed by atoms with Crippen LogP contribution >= 0.6 is 24.0 Å². The molecule has 1 heterocycles. The molecule has 0 unspecified atom stereocenters. The number of carbonyl (C=O) groups excluding carboxylic acids is 2. The van der Waals surface area contributed by atoms with Crippen LogP contribution in [-0.4, -0.2) is 62.6 Å². The molecule has 7 nitrogen and oxygen atoms in total. The van der Waals surface area contributed by atoms with Crippen molar-refractivity contribution in [1.29, 1.82) is 0 Å². The molecule has 1 aromatic rings. The van der Waals surface area contributed by atoms with E-state index in [4.69, 9.17) is 9.73 Å². The van der Waals surface area contributed by atoms with E-state index in [0.29, 0.717) is 24.2 Å². The maximum atomic E-state index is 12.5. The van der Waals surface area contributed by atoms with Gasteiger partial charge in [0.15, 0.2) is 5.96 Å². The lowest BCUT2D eigenvalue weighted by molar-refractivity contribution is 0.0657. The first-order chi connectivity index (χ1) is 14.1. The number of guanidine groups is 1. The molecule has 1 aliphatic carbocycles. The summed E-state index contributed by atoms with van der Waals surface area (Å²) in [5.41, 5.74) is 1.19. The van der Waals surface area contributed by atoms with Gasteiger partial charge < -0.3 is 15.4 Å². The second-order valence-corrected chi connectivity index (χ2v) is 7.88. The van der Waals surface area contributed by atoms with Crippen LogP contribution in [0.2, 0.25) is 0 Å². The largest absolute Gasteiger partial charge is 0.385 e. The number of carbonyl (C=O) groups is 2. The molecule has 30 heavy (non-hydrogen) atoms. The van der Waals surface area contributed by atoms with Gasteiger partial charge in [0.2, 0.25) is 0 Å². The van der Waals surface area contributed by atoms with Crippen molar-refractivity contribution in [3.05, 3.63) is 35.4 Å². The van der Waals surface area contributed by atoms with Gasteiger partial charge in [0.05, 0.1) is 11.1 Å². The first-order valence-electron chi connectivity index (χ1n) is 10.6. The third kappa shape index (κ3) is 5.72. The molecule has 1 aliphatic heterocycles. The molecule has 8 heteroatoms. The number of hydrogen-bond acceptors (Lipinski definition) is 4. The van der Waals surface area contributed by atoms with Gasteiger partial charge in [-0.15, -0.1) is 24.0 Å². The number of fused-ring (bicyclic) bond motifs is 1. The number of hydrogen-bond donors (Lipinski definition) is 2. The Hall–Kier alpha value is -1.68. The van der Waals surface area contributed by atoms with Crippen LogP contribution in [0.5, 0.6) is 0 Å². The van der Waals surface area contributed by atoms with Crippen LogP contribution in [0.15, 0.2) is 29.3 Å². The Bertz CT molecular complexity index is 728. The first-order valence-corrected chi connectivity index (χ1v) is 10.6. The fourth-order valence-electron chi connectivity index (χ4n) is 4.25. The third-order valence-corrected chi connectivity index (χ3v) is 5.92. The van der Waals surface area contributed by atoms with Crippen LogP contribution in [-0.2, 0) is 4.74 Å². The SMILES string of the molecule is CCNC(=NCC1(CCOC)CCCC1)NCCN1C(=O)c2ccccc2C1=O.I. The van der Waals surface area contributed by atoms with Crippen molar-refractivity contribution in [2.24, 2.45) is 10.4 Å². The maximum Gasteiger partial charge on any atom is 0.261 e. The number of amides is 2. The number of rotatable bonds is 9. The van der Waals surface area contributed by atoms with Crippen LogP contribution in [0.4, 0.5) is 0 Å². The monoisotopic (exact) mass is 528 g/mol.